The molecule has 2 bridgehead atoms. The zero-order valence-electron chi connectivity index (χ0n) is 8.50. The number of fused-ring (bicyclic) bond motifs is 3. The molecule has 94 valence electrons. The Morgan fingerprint density at radius 2 is 1.50 bits per heavy atom. The van der Waals surface area contributed by atoms with Gasteiger partial charge >= 0.3 is 15.5 Å². The molecule has 3 rings (SSSR count). The number of nitrogens with zero attached hydrogens (tertiary/aromatic N) is 2. The average molecular weight is 260 g/mol. The Bertz CT molecular complexity index is 359. The van der Waals surface area contributed by atoms with Crippen LogP contribution in [0.2, 0.25) is 0 Å². The van der Waals surface area contributed by atoms with E-state index in [2.05, 4.69) is 4.90 Å². The Labute approximate surface area is 91.4 Å². The molecule has 0 aliphatic carbocycles. The Hall–Kier alpha value is -0.380. The van der Waals surface area contributed by atoms with E-state index in [1.165, 1.54) is 0 Å². The fraction of sp³-hybridized carbons (Fsp3) is 1.00. The number of sulfonamides is 1. The Morgan fingerprint density at radius 3 is 1.88 bits per heavy atom. The number of hydrogen-bond donors (Lipinski definition) is 1. The molecule has 16 heavy (non-hydrogen) atoms. The second kappa shape index (κ2) is 3.56. The first-order valence-electron chi connectivity index (χ1n) is 4.93. The van der Waals surface area contributed by atoms with E-state index in [4.69, 9.17) is 0 Å². The van der Waals surface area contributed by atoms with E-state index in [9.17, 15) is 21.6 Å². The van der Waals surface area contributed by atoms with E-state index >= 15 is 0 Å². The number of nitrogens with one attached hydrogen (secondary N) is 1. The normalized spacial score (nSPS) is 35.3. The second-order valence-corrected chi connectivity index (χ2v) is 5.85. The zero-order valence-corrected chi connectivity index (χ0v) is 9.31. The van der Waals surface area contributed by atoms with Gasteiger partial charge in [-0.2, -0.15) is 21.6 Å². The van der Waals surface area contributed by atoms with E-state index < -0.39 is 15.5 Å². The minimum absolute atomic E-state index is 0.168. The maximum atomic E-state index is 12.2. The predicted octanol–water partition coefficient (Wildman–Crippen LogP) is -0.513. The maximum Gasteiger partial charge on any atom is 0.516 e. The van der Waals surface area contributed by atoms with Crippen LogP contribution in [-0.2, 0) is 10.0 Å². The van der Waals surface area contributed by atoms with Gasteiger partial charge in [0.15, 0.2) is 0 Å². The third-order valence-electron chi connectivity index (χ3n) is 3.15. The number of rotatable bonds is 2. The third kappa shape index (κ3) is 2.04. The van der Waals surface area contributed by atoms with E-state index in [1.807, 2.05) is 0 Å². The van der Waals surface area contributed by atoms with Gasteiger partial charge in [0.05, 0.1) is 0 Å². The van der Waals surface area contributed by atoms with Crippen molar-refractivity contribution in [3.05, 3.63) is 0 Å². The van der Waals surface area contributed by atoms with Crippen molar-refractivity contribution in [1.29, 1.82) is 0 Å². The highest BCUT2D eigenvalue weighted by molar-refractivity contribution is 7.90. The van der Waals surface area contributed by atoms with Crippen LogP contribution in [0, 0.1) is 0 Å². The summed E-state index contributed by atoms with van der Waals surface area (Å²) in [5.41, 5.74) is -5.23. The van der Waals surface area contributed by atoms with Gasteiger partial charge in [-0.15, -0.1) is 0 Å². The smallest absolute Gasteiger partial charge is 0.287 e. The number of hydrogen-bond acceptors (Lipinski definition) is 3. The highest BCUT2D eigenvalue weighted by atomic mass is 32.2. The SMILES string of the molecule is O=S(=O)(N[N+]12CCN(CC1)CC2)C(F)(F)F. The van der Waals surface area contributed by atoms with Crippen LogP contribution in [0.15, 0.2) is 0 Å². The van der Waals surface area contributed by atoms with Gasteiger partial charge in [-0.25, -0.2) is 4.59 Å². The summed E-state index contributed by atoms with van der Waals surface area (Å²) in [6.45, 7) is 3.11. The van der Waals surface area contributed by atoms with Crippen molar-refractivity contribution in [1.82, 2.24) is 9.73 Å². The number of quaternary nitrogens is 1. The molecule has 0 radical (unpaired) electrons. The summed E-state index contributed by atoms with van der Waals surface area (Å²) < 4.78 is 58.6. The predicted molar refractivity (Wildman–Crippen MR) is 49.4 cm³/mol. The molecule has 0 aromatic heterocycles. The summed E-state index contributed by atoms with van der Waals surface area (Å²) in [6.07, 6.45) is 0. The van der Waals surface area contributed by atoms with Crippen LogP contribution in [0.4, 0.5) is 13.2 Å². The van der Waals surface area contributed by atoms with E-state index in [-0.39, 0.29) is 4.59 Å². The van der Waals surface area contributed by atoms with Crippen molar-refractivity contribution in [2.75, 3.05) is 39.3 Å². The fourth-order valence-corrected chi connectivity index (χ4v) is 3.00. The van der Waals surface area contributed by atoms with Crippen LogP contribution in [0.5, 0.6) is 0 Å². The maximum absolute atomic E-state index is 12.2. The van der Waals surface area contributed by atoms with Crippen molar-refractivity contribution in [2.45, 2.75) is 5.51 Å². The number of piperazine rings is 3. The van der Waals surface area contributed by atoms with Crippen molar-refractivity contribution in [3.63, 3.8) is 0 Å². The largest absolute Gasteiger partial charge is 0.516 e. The molecule has 9 heteroatoms. The lowest BCUT2D eigenvalue weighted by atomic mass is 10.2. The minimum atomic E-state index is -5.24. The topological polar surface area (TPSA) is 49.4 Å². The molecule has 3 aliphatic heterocycles. The van der Waals surface area contributed by atoms with Crippen LogP contribution in [-0.4, -0.2) is 62.7 Å². The lowest BCUT2D eigenvalue weighted by molar-refractivity contribution is -0.968. The number of halogens is 3. The van der Waals surface area contributed by atoms with E-state index in [0.29, 0.717) is 39.3 Å². The first kappa shape index (κ1) is 12.1. The van der Waals surface area contributed by atoms with Gasteiger partial charge in [-0.1, -0.05) is 0 Å². The van der Waals surface area contributed by atoms with Gasteiger partial charge in [0.2, 0.25) is 0 Å². The van der Waals surface area contributed by atoms with Gasteiger partial charge in [0, 0.05) is 19.6 Å². The summed E-state index contributed by atoms with van der Waals surface area (Å²) in [5, 5.41) is 0. The highest BCUT2D eigenvalue weighted by Gasteiger charge is 2.52. The molecule has 1 N–H and O–H groups in total. The first-order chi connectivity index (χ1) is 7.24. The Kier molecular flexibility index (Phi) is 2.69. The highest BCUT2D eigenvalue weighted by Crippen LogP contribution is 2.25. The molecule has 3 aliphatic rings. The summed E-state index contributed by atoms with van der Waals surface area (Å²) >= 11 is 0. The Balaban J connectivity index is 2.15. The fourth-order valence-electron chi connectivity index (χ4n) is 2.11. The van der Waals surface area contributed by atoms with Crippen molar-refractivity contribution < 1.29 is 26.2 Å². The van der Waals surface area contributed by atoms with Gasteiger partial charge in [0.1, 0.15) is 19.6 Å². The quantitative estimate of drug-likeness (QED) is 0.680. The van der Waals surface area contributed by atoms with E-state index in [1.54, 1.807) is 4.83 Å². The van der Waals surface area contributed by atoms with Crippen molar-refractivity contribution in [2.24, 2.45) is 0 Å². The first-order valence-corrected chi connectivity index (χ1v) is 6.41. The molecule has 0 aromatic carbocycles. The molecule has 0 saturated carbocycles. The Morgan fingerprint density at radius 1 is 1.06 bits per heavy atom. The van der Waals surface area contributed by atoms with Crippen LogP contribution >= 0.6 is 0 Å². The third-order valence-corrected chi connectivity index (χ3v) is 4.39. The number of alkyl halides is 3. The van der Waals surface area contributed by atoms with Crippen LogP contribution in [0.25, 0.3) is 0 Å². The van der Waals surface area contributed by atoms with Gasteiger partial charge in [-0.05, 0) is 4.83 Å². The molecule has 5 nitrogen and oxygen atoms in total. The molecule has 3 heterocycles. The summed E-state index contributed by atoms with van der Waals surface area (Å²) in [5.74, 6) is 0. The summed E-state index contributed by atoms with van der Waals surface area (Å²) in [6, 6.07) is 0. The van der Waals surface area contributed by atoms with Crippen molar-refractivity contribution >= 4 is 10.0 Å². The lowest BCUT2D eigenvalue weighted by Gasteiger charge is -2.48. The van der Waals surface area contributed by atoms with Gasteiger partial charge in [0.25, 0.3) is 0 Å². The van der Waals surface area contributed by atoms with Crippen LogP contribution in [0.3, 0.4) is 0 Å². The standard InChI is InChI=1S/C7H13F3N3O2S/c8-7(9,10)16(14,15)11-13-4-1-12(2-5-13)3-6-13/h11H,1-6H2/q+1. The van der Waals surface area contributed by atoms with Crippen molar-refractivity contribution in [3.8, 4) is 0 Å². The zero-order chi connectivity index (χ0) is 12.0. The molecular weight excluding hydrogens is 247 g/mol. The molecule has 0 atom stereocenters. The molecule has 3 saturated heterocycles. The molecular formula is C7H13F3N3O2S+. The van der Waals surface area contributed by atoms with Gasteiger partial charge < -0.3 is 0 Å². The molecule has 0 amide bonds. The lowest BCUT2D eigenvalue weighted by Crippen LogP contribution is -2.74. The molecule has 3 fully saturated rings. The average Bonchev–Trinajstić information content (AvgIpc) is 2.17. The van der Waals surface area contributed by atoms with Crippen LogP contribution in [0.1, 0.15) is 0 Å². The molecule has 0 spiro atoms. The molecule has 0 aromatic rings. The summed E-state index contributed by atoms with van der Waals surface area (Å²) in [4.78, 5) is 3.91. The minimum Gasteiger partial charge on any atom is -0.287 e. The summed E-state index contributed by atoms with van der Waals surface area (Å²) in [7, 11) is -5.24. The van der Waals surface area contributed by atoms with Crippen LogP contribution < -0.4 is 4.83 Å². The monoisotopic (exact) mass is 260 g/mol. The molecule has 0 unspecified atom stereocenters. The van der Waals surface area contributed by atoms with E-state index in [0.717, 1.165) is 0 Å². The van der Waals surface area contributed by atoms with Gasteiger partial charge in [-0.3, -0.25) is 4.90 Å². The second-order valence-electron chi connectivity index (χ2n) is 4.20.